The SMILES string of the molecule is CNC(c1cccc(OC)c1)c1cc(Cl)sc1Cl. The third-order valence-electron chi connectivity index (χ3n) is 2.71. The predicted molar refractivity (Wildman–Crippen MR) is 78.2 cm³/mol. The Morgan fingerprint density at radius 2 is 2.06 bits per heavy atom. The van der Waals surface area contributed by atoms with E-state index in [9.17, 15) is 0 Å². The first-order chi connectivity index (χ1) is 8.65. The molecule has 1 N–H and O–H groups in total. The van der Waals surface area contributed by atoms with E-state index >= 15 is 0 Å². The van der Waals surface area contributed by atoms with Crippen LogP contribution in [0.25, 0.3) is 0 Å². The third kappa shape index (κ3) is 2.81. The molecule has 5 heteroatoms. The summed E-state index contributed by atoms with van der Waals surface area (Å²) < 4.78 is 6.64. The van der Waals surface area contributed by atoms with Crippen molar-refractivity contribution < 1.29 is 4.74 Å². The number of rotatable bonds is 4. The van der Waals surface area contributed by atoms with E-state index in [1.54, 1.807) is 7.11 Å². The van der Waals surface area contributed by atoms with E-state index in [4.69, 9.17) is 27.9 Å². The first-order valence-electron chi connectivity index (χ1n) is 5.41. The average molecular weight is 302 g/mol. The van der Waals surface area contributed by atoms with Crippen LogP contribution in [0.1, 0.15) is 17.2 Å². The molecule has 2 nitrogen and oxygen atoms in total. The summed E-state index contributed by atoms with van der Waals surface area (Å²) in [5, 5.41) is 3.25. The van der Waals surface area contributed by atoms with Gasteiger partial charge in [-0.1, -0.05) is 35.3 Å². The van der Waals surface area contributed by atoms with Gasteiger partial charge in [-0.15, -0.1) is 11.3 Å². The molecule has 2 aromatic rings. The van der Waals surface area contributed by atoms with Crippen LogP contribution in [0.2, 0.25) is 8.67 Å². The fourth-order valence-electron chi connectivity index (χ4n) is 1.87. The van der Waals surface area contributed by atoms with Crippen LogP contribution >= 0.6 is 34.5 Å². The van der Waals surface area contributed by atoms with Crippen molar-refractivity contribution in [2.24, 2.45) is 0 Å². The van der Waals surface area contributed by atoms with Gasteiger partial charge in [0.25, 0.3) is 0 Å². The molecule has 96 valence electrons. The highest BCUT2D eigenvalue weighted by Crippen LogP contribution is 2.37. The number of thiophene rings is 1. The molecule has 0 spiro atoms. The minimum atomic E-state index is 0.0105. The van der Waals surface area contributed by atoms with Crippen molar-refractivity contribution in [1.82, 2.24) is 5.32 Å². The number of hydrogen-bond acceptors (Lipinski definition) is 3. The standard InChI is InChI=1S/C13H13Cl2NOS/c1-16-12(10-7-11(14)18-13(10)15)8-4-3-5-9(6-8)17-2/h3-7,12,16H,1-2H3. The molecule has 1 aromatic carbocycles. The number of benzene rings is 1. The van der Waals surface area contributed by atoms with Crippen molar-refractivity contribution in [2.75, 3.05) is 14.2 Å². The zero-order valence-corrected chi connectivity index (χ0v) is 12.4. The van der Waals surface area contributed by atoms with Gasteiger partial charge in [0.2, 0.25) is 0 Å². The van der Waals surface area contributed by atoms with Gasteiger partial charge in [-0.05, 0) is 30.8 Å². The summed E-state index contributed by atoms with van der Waals surface area (Å²) in [6, 6.07) is 9.80. The Kier molecular flexibility index (Phi) is 4.51. The summed E-state index contributed by atoms with van der Waals surface area (Å²) in [4.78, 5) is 0. The molecule has 0 saturated heterocycles. The Bertz CT molecular complexity index is 542. The van der Waals surface area contributed by atoms with Crippen molar-refractivity contribution >= 4 is 34.5 Å². The van der Waals surface area contributed by atoms with Gasteiger partial charge in [0.15, 0.2) is 0 Å². The van der Waals surface area contributed by atoms with Crippen LogP contribution in [0.15, 0.2) is 30.3 Å². The molecule has 1 unspecified atom stereocenters. The van der Waals surface area contributed by atoms with E-state index in [0.717, 1.165) is 16.9 Å². The molecule has 0 aliphatic carbocycles. The smallest absolute Gasteiger partial charge is 0.119 e. The lowest BCUT2D eigenvalue weighted by Gasteiger charge is -2.17. The van der Waals surface area contributed by atoms with Crippen molar-refractivity contribution in [3.63, 3.8) is 0 Å². The number of halogens is 2. The lowest BCUT2D eigenvalue weighted by atomic mass is 10.0. The molecule has 0 aliphatic rings. The fraction of sp³-hybridized carbons (Fsp3) is 0.231. The van der Waals surface area contributed by atoms with Crippen LogP contribution in [0.4, 0.5) is 0 Å². The van der Waals surface area contributed by atoms with Crippen LogP contribution in [-0.4, -0.2) is 14.2 Å². The molecular weight excluding hydrogens is 289 g/mol. The second-order valence-corrected chi connectivity index (χ2v) is 6.06. The largest absolute Gasteiger partial charge is 0.497 e. The van der Waals surface area contributed by atoms with Crippen LogP contribution in [0.3, 0.4) is 0 Å². The zero-order valence-electron chi connectivity index (χ0n) is 10.0. The monoisotopic (exact) mass is 301 g/mol. The maximum absolute atomic E-state index is 6.20. The first-order valence-corrected chi connectivity index (χ1v) is 6.99. The Morgan fingerprint density at radius 3 is 2.61 bits per heavy atom. The minimum Gasteiger partial charge on any atom is -0.497 e. The zero-order chi connectivity index (χ0) is 13.1. The summed E-state index contributed by atoms with van der Waals surface area (Å²) in [6.45, 7) is 0. The summed E-state index contributed by atoms with van der Waals surface area (Å²) >= 11 is 13.6. The molecule has 1 heterocycles. The van der Waals surface area contributed by atoms with Gasteiger partial charge in [-0.3, -0.25) is 0 Å². The molecule has 0 radical (unpaired) electrons. The van der Waals surface area contributed by atoms with Crippen LogP contribution < -0.4 is 10.1 Å². The molecule has 2 rings (SSSR count). The predicted octanol–water partition coefficient (Wildman–Crippen LogP) is 4.37. The molecule has 0 fully saturated rings. The Morgan fingerprint density at radius 1 is 1.28 bits per heavy atom. The van der Waals surface area contributed by atoms with Crippen molar-refractivity contribution in [2.45, 2.75) is 6.04 Å². The quantitative estimate of drug-likeness (QED) is 0.905. The Hall–Kier alpha value is -0.740. The number of hydrogen-bond donors (Lipinski definition) is 1. The summed E-state index contributed by atoms with van der Waals surface area (Å²) in [5.74, 6) is 0.824. The number of nitrogens with one attached hydrogen (secondary N) is 1. The van der Waals surface area contributed by atoms with Gasteiger partial charge in [-0.25, -0.2) is 0 Å². The normalized spacial score (nSPS) is 12.4. The average Bonchev–Trinajstić information content (AvgIpc) is 2.70. The molecule has 18 heavy (non-hydrogen) atoms. The van der Waals surface area contributed by atoms with Crippen LogP contribution in [-0.2, 0) is 0 Å². The molecule has 1 atom stereocenters. The van der Waals surface area contributed by atoms with Crippen molar-refractivity contribution in [3.05, 3.63) is 50.1 Å². The van der Waals surface area contributed by atoms with E-state index < -0.39 is 0 Å². The number of ether oxygens (including phenoxy) is 1. The third-order valence-corrected chi connectivity index (χ3v) is 4.23. The second kappa shape index (κ2) is 5.93. The summed E-state index contributed by atoms with van der Waals surface area (Å²) in [7, 11) is 3.55. The van der Waals surface area contributed by atoms with E-state index in [0.29, 0.717) is 8.67 Å². The minimum absolute atomic E-state index is 0.0105. The molecule has 0 bridgehead atoms. The van der Waals surface area contributed by atoms with Gasteiger partial charge in [0.05, 0.1) is 21.8 Å². The van der Waals surface area contributed by atoms with Crippen LogP contribution in [0.5, 0.6) is 5.75 Å². The molecular formula is C13H13Cl2NOS. The topological polar surface area (TPSA) is 21.3 Å². The van der Waals surface area contributed by atoms with Crippen LogP contribution in [0, 0.1) is 0 Å². The maximum atomic E-state index is 6.20. The van der Waals surface area contributed by atoms with Gasteiger partial charge in [0, 0.05) is 5.56 Å². The fourth-order valence-corrected chi connectivity index (χ4v) is 3.40. The second-order valence-electron chi connectivity index (χ2n) is 3.78. The maximum Gasteiger partial charge on any atom is 0.119 e. The highest BCUT2D eigenvalue weighted by Gasteiger charge is 2.18. The van der Waals surface area contributed by atoms with E-state index in [1.165, 1.54) is 11.3 Å². The van der Waals surface area contributed by atoms with E-state index in [2.05, 4.69) is 5.32 Å². The lowest BCUT2D eigenvalue weighted by Crippen LogP contribution is -2.17. The highest BCUT2D eigenvalue weighted by molar-refractivity contribution is 7.20. The summed E-state index contributed by atoms with van der Waals surface area (Å²) in [6.07, 6.45) is 0. The number of methoxy groups -OCH3 is 1. The molecule has 1 aromatic heterocycles. The lowest BCUT2D eigenvalue weighted by molar-refractivity contribution is 0.414. The summed E-state index contributed by atoms with van der Waals surface area (Å²) in [5.41, 5.74) is 2.08. The molecule has 0 saturated carbocycles. The van der Waals surface area contributed by atoms with Gasteiger partial charge < -0.3 is 10.1 Å². The van der Waals surface area contributed by atoms with Crippen molar-refractivity contribution in [1.29, 1.82) is 0 Å². The first kappa shape index (κ1) is 13.7. The Balaban J connectivity index is 2.41. The molecule has 0 amide bonds. The van der Waals surface area contributed by atoms with Gasteiger partial charge in [0.1, 0.15) is 5.75 Å². The van der Waals surface area contributed by atoms with E-state index in [-0.39, 0.29) is 6.04 Å². The van der Waals surface area contributed by atoms with Gasteiger partial charge >= 0.3 is 0 Å². The van der Waals surface area contributed by atoms with Gasteiger partial charge in [-0.2, -0.15) is 0 Å². The van der Waals surface area contributed by atoms with E-state index in [1.807, 2.05) is 37.4 Å². The van der Waals surface area contributed by atoms with Crippen molar-refractivity contribution in [3.8, 4) is 5.75 Å². The molecule has 0 aliphatic heterocycles. The highest BCUT2D eigenvalue weighted by atomic mass is 35.5. The Labute approximate surface area is 120 Å².